The van der Waals surface area contributed by atoms with Crippen LogP contribution in [0.4, 0.5) is 5.82 Å². The van der Waals surface area contributed by atoms with Crippen LogP contribution in [0.5, 0.6) is 0 Å². The predicted octanol–water partition coefficient (Wildman–Crippen LogP) is 2.09. The number of anilines is 1. The summed E-state index contributed by atoms with van der Waals surface area (Å²) >= 11 is 1.07. The average Bonchev–Trinajstić information content (AvgIpc) is 3.16. The Morgan fingerprint density at radius 1 is 1.32 bits per heavy atom. The molecule has 3 heterocycles. The normalized spacial score (nSPS) is 22.0. The fraction of sp³-hybridized carbons (Fsp3) is 0.467. The zero-order chi connectivity index (χ0) is 18.2. The second-order valence-electron chi connectivity index (χ2n) is 6.00. The van der Waals surface area contributed by atoms with E-state index >= 15 is 0 Å². The van der Waals surface area contributed by atoms with Gasteiger partial charge in [0.05, 0.1) is 22.0 Å². The minimum atomic E-state index is -3.66. The number of aryl methyl sites for hydroxylation is 1. The Morgan fingerprint density at radius 3 is 2.60 bits per heavy atom. The molecule has 1 aliphatic rings. The number of nitrogens with zero attached hydrogens (tertiary/aromatic N) is 2. The third-order valence-electron chi connectivity index (χ3n) is 3.69. The minimum absolute atomic E-state index is 0.111. The molecule has 2 atom stereocenters. The smallest absolute Gasteiger partial charge is 0.267 e. The average molecular weight is 385 g/mol. The molecule has 2 unspecified atom stereocenters. The molecule has 0 bridgehead atoms. The molecule has 1 saturated heterocycles. The number of hydrogen-bond donors (Lipinski definition) is 1. The number of nitrogens with one attached hydrogen (secondary N) is 1. The number of ether oxygens (including phenoxy) is 1. The Hall–Kier alpha value is -1.75. The van der Waals surface area contributed by atoms with Crippen molar-refractivity contribution in [2.24, 2.45) is 0 Å². The maximum absolute atomic E-state index is 12.8. The lowest BCUT2D eigenvalue weighted by atomic mass is 10.3. The molecule has 1 N–H and O–H groups in total. The molecule has 0 aromatic carbocycles. The maximum atomic E-state index is 12.8. The van der Waals surface area contributed by atoms with Crippen LogP contribution in [0.1, 0.15) is 29.3 Å². The Bertz CT molecular complexity index is 863. The number of carbonyl (C=O) groups excluding carboxylic acids is 1. The third kappa shape index (κ3) is 3.92. The molecular formula is C15H19N3O5S2. The quantitative estimate of drug-likeness (QED) is 0.865. The van der Waals surface area contributed by atoms with Gasteiger partial charge in [0.25, 0.3) is 5.91 Å². The highest BCUT2D eigenvalue weighted by Gasteiger charge is 2.33. The van der Waals surface area contributed by atoms with E-state index in [2.05, 4.69) is 10.5 Å². The first-order valence-electron chi connectivity index (χ1n) is 7.74. The number of rotatable bonds is 4. The fourth-order valence-electron chi connectivity index (χ4n) is 2.65. The topological polar surface area (TPSA) is 102 Å². The standard InChI is InChI=1S/C15H19N3O5S2/c1-9-4-14(17-23-9)16-15(19)13-5-12(8-24-13)25(20,21)18-6-10(2)22-11(3)7-18/h4-5,8,10-11H,6-7H2,1-3H3,(H,16,17,19). The minimum Gasteiger partial charge on any atom is -0.373 e. The predicted molar refractivity (Wildman–Crippen MR) is 92.3 cm³/mol. The van der Waals surface area contributed by atoms with E-state index in [1.165, 1.54) is 15.8 Å². The molecule has 136 valence electrons. The summed E-state index contributed by atoms with van der Waals surface area (Å²) in [6.07, 6.45) is -0.342. The van der Waals surface area contributed by atoms with Gasteiger partial charge in [0.2, 0.25) is 10.0 Å². The summed E-state index contributed by atoms with van der Waals surface area (Å²) in [7, 11) is -3.66. The van der Waals surface area contributed by atoms with E-state index in [4.69, 9.17) is 9.26 Å². The number of carbonyl (C=O) groups is 1. The molecular weight excluding hydrogens is 366 g/mol. The van der Waals surface area contributed by atoms with Crippen LogP contribution < -0.4 is 5.32 Å². The highest BCUT2D eigenvalue weighted by molar-refractivity contribution is 7.89. The lowest BCUT2D eigenvalue weighted by Gasteiger charge is -2.34. The van der Waals surface area contributed by atoms with Crippen molar-refractivity contribution in [3.8, 4) is 0 Å². The summed E-state index contributed by atoms with van der Waals surface area (Å²) in [5, 5.41) is 7.74. The molecule has 2 aromatic rings. The van der Waals surface area contributed by atoms with Crippen molar-refractivity contribution in [1.29, 1.82) is 0 Å². The van der Waals surface area contributed by atoms with Gasteiger partial charge in [-0.15, -0.1) is 11.3 Å². The van der Waals surface area contributed by atoms with E-state index in [0.717, 1.165) is 11.3 Å². The van der Waals surface area contributed by atoms with Gasteiger partial charge in [-0.3, -0.25) is 4.79 Å². The van der Waals surface area contributed by atoms with Crippen LogP contribution >= 0.6 is 11.3 Å². The first-order valence-corrected chi connectivity index (χ1v) is 10.1. The van der Waals surface area contributed by atoms with Crippen molar-refractivity contribution >= 4 is 33.1 Å². The summed E-state index contributed by atoms with van der Waals surface area (Å²) < 4.78 is 37.4. The van der Waals surface area contributed by atoms with Crippen LogP contribution in [0.3, 0.4) is 0 Å². The zero-order valence-corrected chi connectivity index (χ0v) is 15.7. The van der Waals surface area contributed by atoms with Gasteiger partial charge >= 0.3 is 0 Å². The van der Waals surface area contributed by atoms with Gasteiger partial charge in [0.15, 0.2) is 5.82 Å². The molecule has 2 aromatic heterocycles. The van der Waals surface area contributed by atoms with Gasteiger partial charge in [-0.05, 0) is 26.8 Å². The van der Waals surface area contributed by atoms with Crippen LogP contribution in [0, 0.1) is 6.92 Å². The van der Waals surface area contributed by atoms with Crippen molar-refractivity contribution in [3.05, 3.63) is 28.2 Å². The van der Waals surface area contributed by atoms with Crippen LogP contribution in [0.2, 0.25) is 0 Å². The van der Waals surface area contributed by atoms with Gasteiger partial charge in [0.1, 0.15) is 5.76 Å². The lowest BCUT2D eigenvalue weighted by Crippen LogP contribution is -2.47. The monoisotopic (exact) mass is 385 g/mol. The van der Waals surface area contributed by atoms with E-state index < -0.39 is 15.9 Å². The summed E-state index contributed by atoms with van der Waals surface area (Å²) in [5.74, 6) is 0.430. The molecule has 0 radical (unpaired) electrons. The Balaban J connectivity index is 1.76. The molecule has 3 rings (SSSR count). The second-order valence-corrected chi connectivity index (χ2v) is 8.85. The summed E-state index contributed by atoms with van der Waals surface area (Å²) in [6.45, 7) is 5.97. The summed E-state index contributed by atoms with van der Waals surface area (Å²) in [4.78, 5) is 12.6. The molecule has 1 aliphatic heterocycles. The van der Waals surface area contributed by atoms with Crippen molar-refractivity contribution in [2.45, 2.75) is 37.9 Å². The van der Waals surface area contributed by atoms with Crippen molar-refractivity contribution in [1.82, 2.24) is 9.46 Å². The van der Waals surface area contributed by atoms with E-state index in [9.17, 15) is 13.2 Å². The largest absolute Gasteiger partial charge is 0.373 e. The third-order valence-corrected chi connectivity index (χ3v) is 6.58. The summed E-state index contributed by atoms with van der Waals surface area (Å²) in [6, 6.07) is 2.97. The first kappa shape index (κ1) is 18.1. The number of aromatic nitrogens is 1. The van der Waals surface area contributed by atoms with E-state index in [-0.39, 0.29) is 27.8 Å². The number of amides is 1. The number of sulfonamides is 1. The Kier molecular flexibility index (Phi) is 4.96. The molecule has 0 aliphatic carbocycles. The first-order chi connectivity index (χ1) is 11.8. The van der Waals surface area contributed by atoms with Crippen molar-refractivity contribution in [2.75, 3.05) is 18.4 Å². The Labute approximate surface area is 149 Å². The molecule has 0 saturated carbocycles. The molecule has 0 spiro atoms. The van der Waals surface area contributed by atoms with Gasteiger partial charge in [-0.1, -0.05) is 5.16 Å². The van der Waals surface area contributed by atoms with E-state index in [1.807, 2.05) is 13.8 Å². The molecule has 10 heteroatoms. The number of hydrogen-bond acceptors (Lipinski definition) is 7. The molecule has 1 fully saturated rings. The van der Waals surface area contributed by atoms with Gasteiger partial charge in [-0.25, -0.2) is 8.42 Å². The number of thiophene rings is 1. The number of morpholine rings is 1. The summed E-state index contributed by atoms with van der Waals surface area (Å²) in [5.41, 5.74) is 0. The molecule has 8 nitrogen and oxygen atoms in total. The highest BCUT2D eigenvalue weighted by Crippen LogP contribution is 2.26. The van der Waals surface area contributed by atoms with E-state index in [1.54, 1.807) is 13.0 Å². The van der Waals surface area contributed by atoms with Crippen LogP contribution in [0.15, 0.2) is 26.9 Å². The van der Waals surface area contributed by atoms with Crippen LogP contribution in [-0.2, 0) is 14.8 Å². The lowest BCUT2D eigenvalue weighted by molar-refractivity contribution is -0.0440. The molecule has 25 heavy (non-hydrogen) atoms. The fourth-order valence-corrected chi connectivity index (χ4v) is 5.40. The maximum Gasteiger partial charge on any atom is 0.267 e. The Morgan fingerprint density at radius 2 is 2.00 bits per heavy atom. The van der Waals surface area contributed by atoms with Gasteiger partial charge in [-0.2, -0.15) is 4.31 Å². The van der Waals surface area contributed by atoms with E-state index in [0.29, 0.717) is 18.8 Å². The van der Waals surface area contributed by atoms with Crippen molar-refractivity contribution < 1.29 is 22.5 Å². The van der Waals surface area contributed by atoms with Crippen LogP contribution in [0.25, 0.3) is 0 Å². The zero-order valence-electron chi connectivity index (χ0n) is 14.1. The van der Waals surface area contributed by atoms with Crippen molar-refractivity contribution in [3.63, 3.8) is 0 Å². The van der Waals surface area contributed by atoms with Crippen LogP contribution in [-0.4, -0.2) is 49.1 Å². The molecule has 1 amide bonds. The van der Waals surface area contributed by atoms with Gasteiger partial charge < -0.3 is 14.6 Å². The SMILES string of the molecule is Cc1cc(NC(=O)c2cc(S(=O)(=O)N3CC(C)OC(C)C3)cs2)no1. The van der Waals surface area contributed by atoms with Gasteiger partial charge in [0, 0.05) is 24.5 Å². The highest BCUT2D eigenvalue weighted by atomic mass is 32.2. The second kappa shape index (κ2) is 6.87.